The predicted octanol–water partition coefficient (Wildman–Crippen LogP) is 2.05. The normalized spacial score (nSPS) is 11.2. The molecule has 0 heterocycles. The van der Waals surface area contributed by atoms with Crippen LogP contribution in [-0.4, -0.2) is 18.1 Å². The van der Waals surface area contributed by atoms with Crippen molar-refractivity contribution in [3.05, 3.63) is 35.9 Å². The molecule has 0 aliphatic rings. The highest BCUT2D eigenvalue weighted by Crippen LogP contribution is 2.06. The van der Waals surface area contributed by atoms with Gasteiger partial charge in [0, 0.05) is 0 Å². The van der Waals surface area contributed by atoms with Gasteiger partial charge in [-0.15, -0.1) is 0 Å². The van der Waals surface area contributed by atoms with E-state index < -0.39 is 5.60 Å². The van der Waals surface area contributed by atoms with Crippen LogP contribution in [0.5, 0.6) is 0 Å². The van der Waals surface area contributed by atoms with E-state index in [4.69, 9.17) is 9.57 Å². The predicted molar refractivity (Wildman–Crippen MR) is 65.1 cm³/mol. The van der Waals surface area contributed by atoms with Crippen LogP contribution in [0.3, 0.4) is 0 Å². The molecule has 4 nitrogen and oxygen atoms in total. The Bertz CT molecular complexity index is 343. The summed E-state index contributed by atoms with van der Waals surface area (Å²) in [5.41, 5.74) is 3.17. The molecule has 0 aromatic heterocycles. The maximum atomic E-state index is 11.3. The van der Waals surface area contributed by atoms with Crippen LogP contribution >= 0.6 is 0 Å². The number of ether oxygens (including phenoxy) is 1. The number of hydroxylamine groups is 1. The molecular weight excluding hydrogens is 218 g/mol. The Labute approximate surface area is 102 Å². The van der Waals surface area contributed by atoms with Gasteiger partial charge in [0.2, 0.25) is 0 Å². The van der Waals surface area contributed by atoms with E-state index in [9.17, 15) is 4.79 Å². The number of nitrogens with one attached hydrogen (secondary N) is 1. The van der Waals surface area contributed by atoms with E-state index in [-0.39, 0.29) is 12.5 Å². The van der Waals surface area contributed by atoms with Crippen molar-refractivity contribution in [3.63, 3.8) is 0 Å². The topological polar surface area (TPSA) is 47.6 Å². The van der Waals surface area contributed by atoms with Crippen molar-refractivity contribution in [2.24, 2.45) is 0 Å². The Kier molecular flexibility index (Phi) is 5.12. The van der Waals surface area contributed by atoms with Crippen molar-refractivity contribution in [3.8, 4) is 0 Å². The Hall–Kier alpha value is -1.39. The van der Waals surface area contributed by atoms with Crippen molar-refractivity contribution in [1.29, 1.82) is 0 Å². The molecule has 0 atom stereocenters. The minimum atomic E-state index is -0.460. The maximum Gasteiger partial charge on any atom is 0.322 e. The molecule has 0 spiro atoms. The van der Waals surface area contributed by atoms with E-state index in [0.717, 1.165) is 5.56 Å². The molecule has 0 aliphatic carbocycles. The molecule has 1 aromatic carbocycles. The minimum absolute atomic E-state index is 0.0457. The third-order valence-electron chi connectivity index (χ3n) is 1.82. The van der Waals surface area contributed by atoms with Crippen LogP contribution in [0.25, 0.3) is 0 Å². The first-order chi connectivity index (χ1) is 7.97. The lowest BCUT2D eigenvalue weighted by Gasteiger charge is -2.19. The van der Waals surface area contributed by atoms with Crippen LogP contribution in [0.1, 0.15) is 26.3 Å². The van der Waals surface area contributed by atoms with Crippen LogP contribution in [0.2, 0.25) is 0 Å². The highest BCUT2D eigenvalue weighted by atomic mass is 16.6. The average molecular weight is 237 g/mol. The van der Waals surface area contributed by atoms with Gasteiger partial charge in [-0.2, -0.15) is 5.48 Å². The van der Waals surface area contributed by atoms with Crippen molar-refractivity contribution in [2.75, 3.05) is 6.54 Å². The maximum absolute atomic E-state index is 11.3. The Balaban J connectivity index is 2.14. The lowest BCUT2D eigenvalue weighted by atomic mass is 10.2. The lowest BCUT2D eigenvalue weighted by molar-refractivity contribution is -0.156. The molecule has 0 saturated heterocycles. The van der Waals surface area contributed by atoms with Crippen molar-refractivity contribution in [2.45, 2.75) is 33.0 Å². The van der Waals surface area contributed by atoms with Crippen LogP contribution in [0.4, 0.5) is 0 Å². The van der Waals surface area contributed by atoms with Gasteiger partial charge in [0.15, 0.2) is 0 Å². The Morgan fingerprint density at radius 3 is 2.47 bits per heavy atom. The molecule has 0 unspecified atom stereocenters. The second-order valence-corrected chi connectivity index (χ2v) is 4.68. The molecule has 0 fully saturated rings. The summed E-state index contributed by atoms with van der Waals surface area (Å²) < 4.78 is 5.11. The summed E-state index contributed by atoms with van der Waals surface area (Å²) in [5, 5.41) is 0. The molecule has 1 rings (SSSR count). The summed E-state index contributed by atoms with van der Waals surface area (Å²) in [7, 11) is 0. The molecule has 4 heteroatoms. The monoisotopic (exact) mass is 237 g/mol. The van der Waals surface area contributed by atoms with Crippen molar-refractivity contribution >= 4 is 5.97 Å². The summed E-state index contributed by atoms with van der Waals surface area (Å²) in [6, 6.07) is 9.72. The molecule has 1 N–H and O–H groups in total. The van der Waals surface area contributed by atoms with Crippen LogP contribution in [0, 0.1) is 0 Å². The number of esters is 1. The zero-order chi connectivity index (χ0) is 12.7. The van der Waals surface area contributed by atoms with Crippen LogP contribution < -0.4 is 5.48 Å². The van der Waals surface area contributed by atoms with Gasteiger partial charge in [-0.3, -0.25) is 9.63 Å². The number of hydrogen-bond donors (Lipinski definition) is 1. The van der Waals surface area contributed by atoms with Crippen LogP contribution in [0.15, 0.2) is 30.3 Å². The van der Waals surface area contributed by atoms with E-state index in [2.05, 4.69) is 5.48 Å². The third-order valence-corrected chi connectivity index (χ3v) is 1.82. The van der Waals surface area contributed by atoms with Gasteiger partial charge in [-0.05, 0) is 26.3 Å². The average Bonchev–Trinajstić information content (AvgIpc) is 2.23. The van der Waals surface area contributed by atoms with Gasteiger partial charge >= 0.3 is 5.97 Å². The van der Waals surface area contributed by atoms with Gasteiger partial charge in [-0.25, -0.2) is 0 Å². The van der Waals surface area contributed by atoms with Crippen LogP contribution in [-0.2, 0) is 21.0 Å². The van der Waals surface area contributed by atoms with Gasteiger partial charge in [0.25, 0.3) is 0 Å². The quantitative estimate of drug-likeness (QED) is 0.483. The lowest BCUT2D eigenvalue weighted by Crippen LogP contribution is -2.31. The second-order valence-electron chi connectivity index (χ2n) is 4.68. The van der Waals surface area contributed by atoms with Crippen molar-refractivity contribution in [1.82, 2.24) is 5.48 Å². The first-order valence-corrected chi connectivity index (χ1v) is 5.58. The standard InChI is InChI=1S/C13H19NO3/c1-13(2,3)17-12(15)9-14-16-10-11-7-5-4-6-8-11/h4-8,14H,9-10H2,1-3H3. The highest BCUT2D eigenvalue weighted by molar-refractivity contribution is 5.71. The first kappa shape index (κ1) is 13.7. The smallest absolute Gasteiger partial charge is 0.322 e. The number of carbonyl (C=O) groups is 1. The molecule has 94 valence electrons. The fraction of sp³-hybridized carbons (Fsp3) is 0.462. The fourth-order valence-corrected chi connectivity index (χ4v) is 1.20. The Morgan fingerprint density at radius 1 is 1.24 bits per heavy atom. The first-order valence-electron chi connectivity index (χ1n) is 5.58. The van der Waals surface area contributed by atoms with E-state index in [0.29, 0.717) is 6.61 Å². The van der Waals surface area contributed by atoms with Crippen molar-refractivity contribution < 1.29 is 14.4 Å². The zero-order valence-electron chi connectivity index (χ0n) is 10.5. The fourth-order valence-electron chi connectivity index (χ4n) is 1.20. The summed E-state index contributed by atoms with van der Waals surface area (Å²) in [6.45, 7) is 5.95. The molecule has 0 aliphatic heterocycles. The van der Waals surface area contributed by atoms with Gasteiger partial charge < -0.3 is 4.74 Å². The SMILES string of the molecule is CC(C)(C)OC(=O)CNOCc1ccccc1. The number of rotatable bonds is 5. The van der Waals surface area contributed by atoms with Gasteiger partial charge in [-0.1, -0.05) is 30.3 Å². The largest absolute Gasteiger partial charge is 0.459 e. The highest BCUT2D eigenvalue weighted by Gasteiger charge is 2.15. The second kappa shape index (κ2) is 6.37. The van der Waals surface area contributed by atoms with E-state index in [1.54, 1.807) is 0 Å². The minimum Gasteiger partial charge on any atom is -0.459 e. The van der Waals surface area contributed by atoms with E-state index in [1.807, 2.05) is 51.1 Å². The molecular formula is C13H19NO3. The summed E-state index contributed by atoms with van der Waals surface area (Å²) in [5.74, 6) is -0.328. The number of carbonyl (C=O) groups excluding carboxylic acids is 1. The summed E-state index contributed by atoms with van der Waals surface area (Å²) in [6.07, 6.45) is 0. The molecule has 0 radical (unpaired) electrons. The Morgan fingerprint density at radius 2 is 1.88 bits per heavy atom. The molecule has 0 bridgehead atoms. The van der Waals surface area contributed by atoms with E-state index in [1.165, 1.54) is 0 Å². The number of hydrogen-bond acceptors (Lipinski definition) is 4. The van der Waals surface area contributed by atoms with Gasteiger partial charge in [0.05, 0.1) is 6.61 Å². The summed E-state index contributed by atoms with van der Waals surface area (Å²) in [4.78, 5) is 16.5. The number of benzene rings is 1. The third kappa shape index (κ3) is 6.71. The molecule has 17 heavy (non-hydrogen) atoms. The molecule has 0 amide bonds. The zero-order valence-corrected chi connectivity index (χ0v) is 10.5. The molecule has 1 aromatic rings. The summed E-state index contributed by atoms with van der Waals surface area (Å²) >= 11 is 0. The van der Waals surface area contributed by atoms with Gasteiger partial charge in [0.1, 0.15) is 12.1 Å². The molecule has 0 saturated carbocycles. The van der Waals surface area contributed by atoms with E-state index >= 15 is 0 Å².